The summed E-state index contributed by atoms with van der Waals surface area (Å²) in [7, 11) is 1.90. The molecule has 7 nitrogen and oxygen atoms in total. The number of piperidine rings is 1. The first kappa shape index (κ1) is 17.9. The molecule has 142 valence electrons. The lowest BCUT2D eigenvalue weighted by Crippen LogP contribution is -2.33. The number of hydrogen-bond donors (Lipinski definition) is 1. The molecule has 0 radical (unpaired) electrons. The molecule has 27 heavy (non-hydrogen) atoms. The minimum absolute atomic E-state index is 0.299. The zero-order valence-electron chi connectivity index (χ0n) is 16.5. The van der Waals surface area contributed by atoms with Crippen molar-refractivity contribution >= 4 is 11.5 Å². The van der Waals surface area contributed by atoms with Crippen molar-refractivity contribution in [1.29, 1.82) is 0 Å². The maximum atomic E-state index is 4.75. The molecule has 4 rings (SSSR count). The lowest BCUT2D eigenvalue weighted by molar-refractivity contribution is 0.137. The van der Waals surface area contributed by atoms with Crippen molar-refractivity contribution in [2.75, 3.05) is 18.9 Å². The van der Waals surface area contributed by atoms with Gasteiger partial charge in [0.2, 0.25) is 0 Å². The lowest BCUT2D eigenvalue weighted by Gasteiger charge is -2.35. The van der Waals surface area contributed by atoms with Crippen molar-refractivity contribution in [1.82, 2.24) is 29.5 Å². The minimum atomic E-state index is 0.299. The van der Waals surface area contributed by atoms with Crippen LogP contribution in [0.4, 0.5) is 5.82 Å². The third-order valence-electron chi connectivity index (χ3n) is 5.29. The fourth-order valence-corrected chi connectivity index (χ4v) is 4.05. The molecular weight excluding hydrogens is 338 g/mol. The summed E-state index contributed by atoms with van der Waals surface area (Å²) in [5, 5.41) is 7.71. The summed E-state index contributed by atoms with van der Waals surface area (Å²) < 4.78 is 1.94. The molecule has 0 aliphatic carbocycles. The molecule has 0 saturated carbocycles. The van der Waals surface area contributed by atoms with E-state index in [-0.39, 0.29) is 0 Å². The average molecular weight is 365 g/mol. The molecule has 3 aromatic heterocycles. The maximum Gasteiger partial charge on any atom is 0.159 e. The standard InChI is InChI=1S/C20H27N7/c1-13-9-14(2)27-20(23-13)16(11-22-27)12-26-8-6-5-7-18(26)17-10-19(21-4)25-15(3)24-17/h9-11,18H,5-8,12H2,1-4H3,(H,21,24,25). The highest BCUT2D eigenvalue weighted by Crippen LogP contribution is 2.32. The SMILES string of the molecule is CNc1cc(C2CCCCN2Cc2cnn3c(C)cc(C)nc23)nc(C)n1. The maximum absolute atomic E-state index is 4.75. The molecule has 4 heterocycles. The van der Waals surface area contributed by atoms with Crippen LogP contribution < -0.4 is 5.32 Å². The zero-order valence-corrected chi connectivity index (χ0v) is 16.5. The summed E-state index contributed by atoms with van der Waals surface area (Å²) >= 11 is 0. The van der Waals surface area contributed by atoms with Gasteiger partial charge >= 0.3 is 0 Å². The first-order valence-electron chi connectivity index (χ1n) is 9.63. The van der Waals surface area contributed by atoms with Crippen LogP contribution in [0.3, 0.4) is 0 Å². The van der Waals surface area contributed by atoms with Crippen molar-refractivity contribution in [2.24, 2.45) is 0 Å². The molecule has 0 aromatic carbocycles. The van der Waals surface area contributed by atoms with Gasteiger partial charge in [0.05, 0.1) is 17.9 Å². The summed E-state index contributed by atoms with van der Waals surface area (Å²) in [4.78, 5) is 16.4. The number of hydrogen-bond acceptors (Lipinski definition) is 6. The molecule has 1 atom stereocenters. The van der Waals surface area contributed by atoms with E-state index in [0.717, 1.165) is 53.9 Å². The quantitative estimate of drug-likeness (QED) is 0.765. The molecule has 1 aliphatic rings. The summed E-state index contributed by atoms with van der Waals surface area (Å²) in [6, 6.07) is 4.45. The van der Waals surface area contributed by atoms with E-state index in [1.807, 2.05) is 31.6 Å². The molecule has 0 bridgehead atoms. The van der Waals surface area contributed by atoms with Crippen LogP contribution in [0, 0.1) is 20.8 Å². The van der Waals surface area contributed by atoms with Gasteiger partial charge in [-0.15, -0.1) is 0 Å². The van der Waals surface area contributed by atoms with Gasteiger partial charge in [-0.2, -0.15) is 5.10 Å². The topological polar surface area (TPSA) is 71.2 Å². The number of aryl methyl sites for hydroxylation is 3. The molecule has 0 amide bonds. The highest BCUT2D eigenvalue weighted by atomic mass is 15.3. The van der Waals surface area contributed by atoms with Gasteiger partial charge in [0.1, 0.15) is 11.6 Å². The predicted molar refractivity (Wildman–Crippen MR) is 106 cm³/mol. The van der Waals surface area contributed by atoms with E-state index in [1.54, 1.807) is 0 Å². The van der Waals surface area contributed by atoms with Gasteiger partial charge in [-0.05, 0) is 46.2 Å². The highest BCUT2D eigenvalue weighted by molar-refractivity contribution is 5.48. The fourth-order valence-electron chi connectivity index (χ4n) is 4.05. The molecule has 3 aromatic rings. The first-order chi connectivity index (χ1) is 13.0. The summed E-state index contributed by atoms with van der Waals surface area (Å²) in [6.07, 6.45) is 5.52. The molecule has 1 unspecified atom stereocenters. The van der Waals surface area contributed by atoms with Crippen molar-refractivity contribution in [3.8, 4) is 0 Å². The molecule has 1 aliphatic heterocycles. The first-order valence-corrected chi connectivity index (χ1v) is 9.63. The van der Waals surface area contributed by atoms with Gasteiger partial charge in [0.15, 0.2) is 5.65 Å². The normalized spacial score (nSPS) is 18.1. The largest absolute Gasteiger partial charge is 0.373 e. The van der Waals surface area contributed by atoms with Gasteiger partial charge in [-0.25, -0.2) is 19.5 Å². The molecule has 1 N–H and O–H groups in total. The van der Waals surface area contributed by atoms with Crippen LogP contribution in [0.25, 0.3) is 5.65 Å². The minimum Gasteiger partial charge on any atom is -0.373 e. The Balaban J connectivity index is 1.67. The Morgan fingerprint density at radius 2 is 1.96 bits per heavy atom. The van der Waals surface area contributed by atoms with E-state index in [1.165, 1.54) is 18.4 Å². The average Bonchev–Trinajstić information content (AvgIpc) is 3.04. The van der Waals surface area contributed by atoms with Crippen molar-refractivity contribution in [3.63, 3.8) is 0 Å². The Hall–Kier alpha value is -2.54. The van der Waals surface area contributed by atoms with Gasteiger partial charge in [-0.3, -0.25) is 4.90 Å². The predicted octanol–water partition coefficient (Wildman–Crippen LogP) is 3.21. The van der Waals surface area contributed by atoms with Crippen LogP contribution >= 0.6 is 0 Å². The van der Waals surface area contributed by atoms with Gasteiger partial charge < -0.3 is 5.32 Å². The number of likely N-dealkylation sites (tertiary alicyclic amines) is 1. The van der Waals surface area contributed by atoms with Gasteiger partial charge in [0.25, 0.3) is 0 Å². The third kappa shape index (κ3) is 3.51. The highest BCUT2D eigenvalue weighted by Gasteiger charge is 2.27. The monoisotopic (exact) mass is 365 g/mol. The van der Waals surface area contributed by atoms with Crippen LogP contribution in [0.1, 0.15) is 53.8 Å². The number of fused-ring (bicyclic) bond motifs is 1. The summed E-state index contributed by atoms with van der Waals surface area (Å²) in [5.74, 6) is 1.69. The van der Waals surface area contributed by atoms with Crippen LogP contribution in [0.5, 0.6) is 0 Å². The smallest absolute Gasteiger partial charge is 0.159 e. The van der Waals surface area contributed by atoms with Crippen molar-refractivity contribution < 1.29 is 0 Å². The zero-order chi connectivity index (χ0) is 19.0. The van der Waals surface area contributed by atoms with E-state index < -0.39 is 0 Å². The van der Waals surface area contributed by atoms with E-state index in [4.69, 9.17) is 9.97 Å². The Morgan fingerprint density at radius 1 is 1.11 bits per heavy atom. The van der Waals surface area contributed by atoms with E-state index in [2.05, 4.69) is 39.4 Å². The summed E-state index contributed by atoms with van der Waals surface area (Å²) in [6.45, 7) is 7.96. The van der Waals surface area contributed by atoms with Crippen LogP contribution in [-0.2, 0) is 6.54 Å². The van der Waals surface area contributed by atoms with Crippen molar-refractivity contribution in [3.05, 3.63) is 46.8 Å². The fraction of sp³-hybridized carbons (Fsp3) is 0.500. The molecule has 1 fully saturated rings. The van der Waals surface area contributed by atoms with Crippen LogP contribution in [0.15, 0.2) is 18.3 Å². The lowest BCUT2D eigenvalue weighted by atomic mass is 9.98. The summed E-state index contributed by atoms with van der Waals surface area (Å²) in [5.41, 5.74) is 5.38. The van der Waals surface area contributed by atoms with E-state index >= 15 is 0 Å². The molecule has 0 spiro atoms. The third-order valence-corrected chi connectivity index (χ3v) is 5.29. The number of anilines is 1. The Labute approximate surface area is 159 Å². The van der Waals surface area contributed by atoms with E-state index in [9.17, 15) is 0 Å². The Kier molecular flexibility index (Phi) is 4.78. The second-order valence-corrected chi connectivity index (χ2v) is 7.40. The second-order valence-electron chi connectivity index (χ2n) is 7.40. The Bertz CT molecular complexity index is 962. The van der Waals surface area contributed by atoms with E-state index in [0.29, 0.717) is 6.04 Å². The number of aromatic nitrogens is 5. The van der Waals surface area contributed by atoms with Crippen molar-refractivity contribution in [2.45, 2.75) is 52.6 Å². The number of nitrogens with one attached hydrogen (secondary N) is 1. The molecule has 1 saturated heterocycles. The van der Waals surface area contributed by atoms with Gasteiger partial charge in [0, 0.05) is 36.6 Å². The molecule has 7 heteroatoms. The Morgan fingerprint density at radius 3 is 2.78 bits per heavy atom. The van der Waals surface area contributed by atoms with Gasteiger partial charge in [-0.1, -0.05) is 6.42 Å². The second kappa shape index (κ2) is 7.23. The van der Waals surface area contributed by atoms with Crippen LogP contribution in [0.2, 0.25) is 0 Å². The van der Waals surface area contributed by atoms with Crippen LogP contribution in [-0.4, -0.2) is 43.1 Å². The number of nitrogens with zero attached hydrogens (tertiary/aromatic N) is 6. The molecular formula is C20H27N7. The number of rotatable bonds is 4.